The lowest BCUT2D eigenvalue weighted by Gasteiger charge is -1.93. The molecule has 0 heterocycles. The van der Waals surface area contributed by atoms with Crippen molar-refractivity contribution in [3.63, 3.8) is 0 Å². The Labute approximate surface area is 86.6 Å². The number of halogens is 3. The van der Waals surface area contributed by atoms with Crippen molar-refractivity contribution < 1.29 is 0 Å². The van der Waals surface area contributed by atoms with Crippen molar-refractivity contribution in [2.45, 2.75) is 13.8 Å². The normalized spacial score (nSPS) is 6.73. The maximum atomic E-state index is 2.12. The van der Waals surface area contributed by atoms with E-state index in [1.807, 2.05) is 0 Å². The van der Waals surface area contributed by atoms with E-state index in [2.05, 4.69) is 38.1 Å². The smallest absolute Gasteiger partial charge is 0.0395 e. The van der Waals surface area contributed by atoms with Crippen molar-refractivity contribution in [2.24, 2.45) is 0 Å². The van der Waals surface area contributed by atoms with Gasteiger partial charge in [-0.3, -0.25) is 0 Å². The average molecular weight is 216 g/mol. The molecular formula is C8H13Cl3. The van der Waals surface area contributed by atoms with Crippen LogP contribution in [-0.4, -0.2) is 0 Å². The lowest BCUT2D eigenvalue weighted by molar-refractivity contribution is 1.34. The molecule has 1 rings (SSSR count). The Hall–Kier alpha value is 0.0900. The third kappa shape index (κ3) is 5.37. The van der Waals surface area contributed by atoms with Crippen molar-refractivity contribution in [3.05, 3.63) is 35.4 Å². The molecule has 0 N–H and O–H groups in total. The second-order valence-corrected chi connectivity index (χ2v) is 2.08. The zero-order chi connectivity index (χ0) is 5.98. The van der Waals surface area contributed by atoms with Crippen LogP contribution in [0.3, 0.4) is 0 Å². The van der Waals surface area contributed by atoms with Crippen LogP contribution < -0.4 is 0 Å². The van der Waals surface area contributed by atoms with Crippen LogP contribution in [0.2, 0.25) is 0 Å². The molecule has 0 aliphatic carbocycles. The van der Waals surface area contributed by atoms with Gasteiger partial charge in [0.25, 0.3) is 0 Å². The highest BCUT2D eigenvalue weighted by Crippen LogP contribution is 2.02. The molecule has 0 aliphatic rings. The highest BCUT2D eigenvalue weighted by Gasteiger charge is 1.83. The fourth-order valence-corrected chi connectivity index (χ4v) is 0.663. The minimum absolute atomic E-state index is 0. The largest absolute Gasteiger partial charge is 0.147 e. The SMILES string of the molecule is Cc1ccccc1C.Cl.Cl.Cl. The van der Waals surface area contributed by atoms with E-state index in [1.165, 1.54) is 11.1 Å². The van der Waals surface area contributed by atoms with Crippen LogP contribution in [0.25, 0.3) is 0 Å². The van der Waals surface area contributed by atoms with Gasteiger partial charge in [0, 0.05) is 0 Å². The van der Waals surface area contributed by atoms with Crippen molar-refractivity contribution in [1.82, 2.24) is 0 Å². The third-order valence-electron chi connectivity index (χ3n) is 1.43. The summed E-state index contributed by atoms with van der Waals surface area (Å²) in [6.07, 6.45) is 0. The van der Waals surface area contributed by atoms with Crippen LogP contribution in [0, 0.1) is 13.8 Å². The van der Waals surface area contributed by atoms with E-state index in [0.29, 0.717) is 0 Å². The van der Waals surface area contributed by atoms with Gasteiger partial charge >= 0.3 is 0 Å². The number of rotatable bonds is 0. The number of benzene rings is 1. The number of aryl methyl sites for hydroxylation is 2. The molecule has 0 bridgehead atoms. The highest BCUT2D eigenvalue weighted by atomic mass is 35.5. The Morgan fingerprint density at radius 1 is 0.727 bits per heavy atom. The maximum absolute atomic E-state index is 2.12. The van der Waals surface area contributed by atoms with Crippen LogP contribution in [-0.2, 0) is 0 Å². The topological polar surface area (TPSA) is 0 Å². The van der Waals surface area contributed by atoms with Gasteiger partial charge in [-0.2, -0.15) is 0 Å². The fraction of sp³-hybridized carbons (Fsp3) is 0.250. The van der Waals surface area contributed by atoms with Gasteiger partial charge in [0.05, 0.1) is 0 Å². The number of hydrogen-bond donors (Lipinski definition) is 0. The van der Waals surface area contributed by atoms with Crippen LogP contribution in [0.4, 0.5) is 0 Å². The minimum atomic E-state index is 0. The molecular weight excluding hydrogens is 202 g/mol. The minimum Gasteiger partial charge on any atom is -0.147 e. The second-order valence-electron chi connectivity index (χ2n) is 2.08. The first-order valence-corrected chi connectivity index (χ1v) is 2.83. The van der Waals surface area contributed by atoms with Gasteiger partial charge in [0.1, 0.15) is 0 Å². The molecule has 11 heavy (non-hydrogen) atoms. The van der Waals surface area contributed by atoms with Crippen molar-refractivity contribution >= 4 is 37.2 Å². The van der Waals surface area contributed by atoms with Crippen LogP contribution in [0.15, 0.2) is 24.3 Å². The van der Waals surface area contributed by atoms with E-state index in [-0.39, 0.29) is 37.2 Å². The molecule has 0 unspecified atom stereocenters. The van der Waals surface area contributed by atoms with Gasteiger partial charge in [-0.25, -0.2) is 0 Å². The molecule has 0 aliphatic heterocycles. The maximum Gasteiger partial charge on any atom is -0.0395 e. The van der Waals surface area contributed by atoms with Crippen LogP contribution in [0.5, 0.6) is 0 Å². The summed E-state index contributed by atoms with van der Waals surface area (Å²) in [4.78, 5) is 0. The van der Waals surface area contributed by atoms with Gasteiger partial charge in [-0.15, -0.1) is 37.2 Å². The first-order chi connectivity index (χ1) is 3.80. The Balaban J connectivity index is -0.000000213. The second kappa shape index (κ2) is 8.19. The zero-order valence-corrected chi connectivity index (χ0v) is 8.98. The van der Waals surface area contributed by atoms with Crippen molar-refractivity contribution in [3.8, 4) is 0 Å². The molecule has 0 aromatic heterocycles. The molecule has 0 atom stereocenters. The van der Waals surface area contributed by atoms with Gasteiger partial charge in [-0.05, 0) is 25.0 Å². The van der Waals surface area contributed by atoms with Crippen molar-refractivity contribution in [1.29, 1.82) is 0 Å². The molecule has 0 saturated carbocycles. The standard InChI is InChI=1S/C8H10.3ClH/c1-7-5-3-4-6-8(7)2;;;/h3-6H,1-2H3;3*1H. The van der Waals surface area contributed by atoms with E-state index < -0.39 is 0 Å². The van der Waals surface area contributed by atoms with Crippen LogP contribution in [0.1, 0.15) is 11.1 Å². The third-order valence-corrected chi connectivity index (χ3v) is 1.43. The molecule has 1 aromatic rings. The highest BCUT2D eigenvalue weighted by molar-refractivity contribution is 5.86. The molecule has 0 saturated heterocycles. The summed E-state index contributed by atoms with van der Waals surface area (Å²) in [5.74, 6) is 0. The van der Waals surface area contributed by atoms with Gasteiger partial charge in [0.15, 0.2) is 0 Å². The van der Waals surface area contributed by atoms with Crippen LogP contribution >= 0.6 is 37.2 Å². The predicted octanol–water partition coefficient (Wildman–Crippen LogP) is 3.57. The Bertz CT molecular complexity index is 165. The molecule has 0 radical (unpaired) electrons. The van der Waals surface area contributed by atoms with Gasteiger partial charge in [0.2, 0.25) is 0 Å². The number of hydrogen-bond acceptors (Lipinski definition) is 0. The Kier molecular flexibility index (Phi) is 12.8. The first-order valence-electron chi connectivity index (χ1n) is 2.83. The fourth-order valence-electron chi connectivity index (χ4n) is 0.663. The summed E-state index contributed by atoms with van der Waals surface area (Å²) in [7, 11) is 0. The lowest BCUT2D eigenvalue weighted by Crippen LogP contribution is -1.74. The summed E-state index contributed by atoms with van der Waals surface area (Å²) in [6.45, 7) is 4.24. The summed E-state index contributed by atoms with van der Waals surface area (Å²) in [6, 6.07) is 8.36. The first kappa shape index (κ1) is 17.3. The molecule has 1 aromatic carbocycles. The Morgan fingerprint density at radius 2 is 1.00 bits per heavy atom. The molecule has 0 spiro atoms. The van der Waals surface area contributed by atoms with Gasteiger partial charge in [-0.1, -0.05) is 24.3 Å². The summed E-state index contributed by atoms with van der Waals surface area (Å²) in [5.41, 5.74) is 2.74. The summed E-state index contributed by atoms with van der Waals surface area (Å²) >= 11 is 0. The zero-order valence-electron chi connectivity index (χ0n) is 6.53. The molecule has 0 amide bonds. The Morgan fingerprint density at radius 3 is 1.18 bits per heavy atom. The molecule has 66 valence electrons. The van der Waals surface area contributed by atoms with E-state index >= 15 is 0 Å². The van der Waals surface area contributed by atoms with E-state index in [1.54, 1.807) is 0 Å². The summed E-state index contributed by atoms with van der Waals surface area (Å²) in [5, 5.41) is 0. The van der Waals surface area contributed by atoms with Crippen molar-refractivity contribution in [2.75, 3.05) is 0 Å². The molecule has 0 fully saturated rings. The molecule has 0 nitrogen and oxygen atoms in total. The summed E-state index contributed by atoms with van der Waals surface area (Å²) < 4.78 is 0. The monoisotopic (exact) mass is 214 g/mol. The average Bonchev–Trinajstić information content (AvgIpc) is 1.77. The molecule has 3 heteroatoms. The van der Waals surface area contributed by atoms with E-state index in [9.17, 15) is 0 Å². The van der Waals surface area contributed by atoms with E-state index in [0.717, 1.165) is 0 Å². The van der Waals surface area contributed by atoms with E-state index in [4.69, 9.17) is 0 Å². The predicted molar refractivity (Wildman–Crippen MR) is 57.7 cm³/mol. The lowest BCUT2D eigenvalue weighted by atomic mass is 10.1. The van der Waals surface area contributed by atoms with Gasteiger partial charge < -0.3 is 0 Å². The quantitative estimate of drug-likeness (QED) is 0.621.